The first-order chi connectivity index (χ1) is 13.4. The van der Waals surface area contributed by atoms with Crippen LogP contribution in [-0.4, -0.2) is 41.7 Å². The molecule has 2 aromatic heterocycles. The minimum Gasteiger partial charge on any atom is -0.481 e. The summed E-state index contributed by atoms with van der Waals surface area (Å²) >= 11 is 6.62. The van der Waals surface area contributed by atoms with E-state index in [0.717, 1.165) is 27.8 Å². The van der Waals surface area contributed by atoms with Gasteiger partial charge in [-0.1, -0.05) is 36.1 Å². The summed E-state index contributed by atoms with van der Waals surface area (Å²) in [7, 11) is 2.02. The zero-order chi connectivity index (χ0) is 20.0. The summed E-state index contributed by atoms with van der Waals surface area (Å²) in [5.74, 6) is -1.03. The van der Waals surface area contributed by atoms with Crippen LogP contribution >= 0.6 is 24.0 Å². The van der Waals surface area contributed by atoms with Crippen LogP contribution in [0.3, 0.4) is 0 Å². The maximum atomic E-state index is 12.8. The highest BCUT2D eigenvalue weighted by Gasteiger charge is 2.32. The van der Waals surface area contributed by atoms with Crippen LogP contribution in [0.15, 0.2) is 35.4 Å². The molecule has 1 aromatic carbocycles. The van der Waals surface area contributed by atoms with Crippen molar-refractivity contribution in [2.75, 3.05) is 6.54 Å². The molecule has 28 heavy (non-hydrogen) atoms. The van der Waals surface area contributed by atoms with Crippen molar-refractivity contribution >= 4 is 62.9 Å². The third-order valence-electron chi connectivity index (χ3n) is 4.96. The van der Waals surface area contributed by atoms with E-state index >= 15 is 0 Å². The Morgan fingerprint density at radius 2 is 2.00 bits per heavy atom. The van der Waals surface area contributed by atoms with Gasteiger partial charge < -0.3 is 14.1 Å². The van der Waals surface area contributed by atoms with Crippen LogP contribution in [0.2, 0.25) is 0 Å². The number of carboxylic acid groups (broad SMARTS) is 1. The Morgan fingerprint density at radius 1 is 1.29 bits per heavy atom. The van der Waals surface area contributed by atoms with Gasteiger partial charge in [-0.05, 0) is 37.1 Å². The van der Waals surface area contributed by atoms with Gasteiger partial charge in [0.2, 0.25) is 0 Å². The van der Waals surface area contributed by atoms with Crippen LogP contribution in [0.25, 0.3) is 22.8 Å². The molecule has 3 aromatic rings. The lowest BCUT2D eigenvalue weighted by atomic mass is 10.2. The molecule has 1 N–H and O–H groups in total. The summed E-state index contributed by atoms with van der Waals surface area (Å²) in [6, 6.07) is 8.17. The average Bonchev–Trinajstić information content (AvgIpc) is 3.22. The van der Waals surface area contributed by atoms with E-state index in [1.807, 2.05) is 32.2 Å². The molecule has 0 saturated carbocycles. The zero-order valence-corrected chi connectivity index (χ0v) is 17.1. The fourth-order valence-corrected chi connectivity index (χ4v) is 4.90. The van der Waals surface area contributed by atoms with Gasteiger partial charge in [0.05, 0.1) is 15.9 Å². The molecule has 144 valence electrons. The van der Waals surface area contributed by atoms with Crippen LogP contribution in [0, 0.1) is 6.92 Å². The Labute approximate surface area is 171 Å². The maximum absolute atomic E-state index is 12.8. The molecule has 0 atom stereocenters. The number of imidazole rings is 1. The fourth-order valence-electron chi connectivity index (χ4n) is 3.61. The first-order valence-corrected chi connectivity index (χ1v) is 10.1. The van der Waals surface area contributed by atoms with E-state index in [1.54, 1.807) is 0 Å². The Kier molecular flexibility index (Phi) is 4.76. The number of thioether (sulfide) groups is 1. The van der Waals surface area contributed by atoms with Crippen molar-refractivity contribution in [2.45, 2.75) is 19.8 Å². The number of carboxylic acids is 1. The molecule has 1 fully saturated rings. The molecule has 0 bridgehead atoms. The van der Waals surface area contributed by atoms with Crippen LogP contribution < -0.4 is 0 Å². The van der Waals surface area contributed by atoms with Gasteiger partial charge in [-0.3, -0.25) is 14.5 Å². The third-order valence-corrected chi connectivity index (χ3v) is 6.34. The lowest BCUT2D eigenvalue weighted by Gasteiger charge is -2.13. The van der Waals surface area contributed by atoms with E-state index in [0.29, 0.717) is 22.2 Å². The summed E-state index contributed by atoms with van der Waals surface area (Å²) < 4.78 is 4.75. The number of thiocarbonyl (C=S) groups is 1. The predicted octanol–water partition coefficient (Wildman–Crippen LogP) is 3.81. The second-order valence-electron chi connectivity index (χ2n) is 6.80. The fraction of sp³-hybridized carbons (Fsp3) is 0.250. The Bertz CT molecular complexity index is 1170. The van der Waals surface area contributed by atoms with Crippen molar-refractivity contribution in [1.29, 1.82) is 0 Å². The number of aliphatic carboxylic acids is 1. The van der Waals surface area contributed by atoms with Gasteiger partial charge in [0.1, 0.15) is 9.97 Å². The Balaban J connectivity index is 1.72. The van der Waals surface area contributed by atoms with Crippen molar-refractivity contribution in [3.63, 3.8) is 0 Å². The molecule has 0 radical (unpaired) electrons. The number of nitrogens with zero attached hydrogens (tertiary/aromatic N) is 3. The molecular formula is C20H19N3O3S2. The van der Waals surface area contributed by atoms with E-state index < -0.39 is 5.97 Å². The third kappa shape index (κ3) is 3.02. The molecule has 0 unspecified atom stereocenters. The van der Waals surface area contributed by atoms with Crippen LogP contribution in [0.5, 0.6) is 0 Å². The molecule has 3 heterocycles. The largest absolute Gasteiger partial charge is 0.481 e. The summed E-state index contributed by atoms with van der Waals surface area (Å²) in [6.07, 6.45) is 4.39. The van der Waals surface area contributed by atoms with Crippen LogP contribution in [-0.2, 0) is 16.6 Å². The predicted molar refractivity (Wildman–Crippen MR) is 115 cm³/mol. The zero-order valence-electron chi connectivity index (χ0n) is 15.5. The van der Waals surface area contributed by atoms with E-state index in [1.165, 1.54) is 16.7 Å². The number of aryl methyl sites for hydroxylation is 2. The van der Waals surface area contributed by atoms with Gasteiger partial charge in [0, 0.05) is 31.8 Å². The van der Waals surface area contributed by atoms with Gasteiger partial charge >= 0.3 is 5.97 Å². The monoisotopic (exact) mass is 413 g/mol. The minimum atomic E-state index is -0.872. The van der Waals surface area contributed by atoms with Gasteiger partial charge in [-0.25, -0.2) is 0 Å². The minimum absolute atomic E-state index is 0.0191. The maximum Gasteiger partial charge on any atom is 0.303 e. The van der Waals surface area contributed by atoms with Crippen molar-refractivity contribution in [1.82, 2.24) is 13.9 Å². The van der Waals surface area contributed by atoms with E-state index in [2.05, 4.69) is 27.3 Å². The number of carbonyl (C=O) groups is 2. The first-order valence-electron chi connectivity index (χ1n) is 8.90. The average molecular weight is 414 g/mol. The van der Waals surface area contributed by atoms with Crippen LogP contribution in [0.4, 0.5) is 0 Å². The highest BCUT2D eigenvalue weighted by molar-refractivity contribution is 8.26. The summed E-state index contributed by atoms with van der Waals surface area (Å²) in [4.78, 5) is 25.6. The molecule has 6 nitrogen and oxygen atoms in total. The first kappa shape index (κ1) is 18.8. The van der Waals surface area contributed by atoms with Gasteiger partial charge in [-0.15, -0.1) is 0 Å². The molecule has 1 amide bonds. The van der Waals surface area contributed by atoms with Crippen molar-refractivity contribution < 1.29 is 14.7 Å². The second-order valence-corrected chi connectivity index (χ2v) is 8.47. The Hall–Kier alpha value is -2.58. The molecular weight excluding hydrogens is 394 g/mol. The van der Waals surface area contributed by atoms with Crippen molar-refractivity contribution in [3.8, 4) is 0 Å². The number of fused-ring (bicyclic) bond motifs is 3. The standard InChI is InChI=1S/C20H19N3O3S2/c1-12-11-23-15-7-4-3-6-14(15)21(2)18(23)13(12)10-16-19(26)22(20(27)28-16)9-5-8-17(24)25/h3-4,6-7,10-11H,5,8-9H2,1-2H3,(H,24,25)/b16-10-. The van der Waals surface area contributed by atoms with E-state index in [-0.39, 0.29) is 12.3 Å². The lowest BCUT2D eigenvalue weighted by Crippen LogP contribution is -2.29. The van der Waals surface area contributed by atoms with Crippen molar-refractivity contribution in [2.24, 2.45) is 7.05 Å². The second kappa shape index (κ2) is 7.10. The number of hydrogen-bond donors (Lipinski definition) is 1. The molecule has 0 spiro atoms. The number of benzene rings is 1. The number of hydrogen-bond acceptors (Lipinski definition) is 4. The van der Waals surface area contributed by atoms with Gasteiger partial charge in [0.15, 0.2) is 0 Å². The Morgan fingerprint density at radius 3 is 2.71 bits per heavy atom. The van der Waals surface area contributed by atoms with Gasteiger partial charge in [-0.2, -0.15) is 0 Å². The molecule has 1 aliphatic heterocycles. The molecule has 4 rings (SSSR count). The summed E-state index contributed by atoms with van der Waals surface area (Å²) in [5, 5.41) is 8.80. The summed E-state index contributed by atoms with van der Waals surface area (Å²) in [5.41, 5.74) is 5.32. The highest BCUT2D eigenvalue weighted by Crippen LogP contribution is 2.35. The number of amides is 1. The van der Waals surface area contributed by atoms with Crippen molar-refractivity contribution in [3.05, 3.63) is 46.5 Å². The number of para-hydroxylation sites is 2. The van der Waals surface area contributed by atoms with E-state index in [4.69, 9.17) is 17.3 Å². The number of aromatic nitrogens is 2. The van der Waals surface area contributed by atoms with E-state index in [9.17, 15) is 9.59 Å². The number of rotatable bonds is 5. The topological polar surface area (TPSA) is 66.9 Å². The smallest absolute Gasteiger partial charge is 0.303 e. The molecule has 0 aliphatic carbocycles. The number of carbonyl (C=O) groups excluding carboxylic acids is 1. The lowest BCUT2D eigenvalue weighted by molar-refractivity contribution is -0.137. The van der Waals surface area contributed by atoms with Gasteiger partial charge in [0.25, 0.3) is 5.91 Å². The summed E-state index contributed by atoms with van der Waals surface area (Å²) in [6.45, 7) is 2.35. The molecule has 1 saturated heterocycles. The quantitative estimate of drug-likeness (QED) is 0.509. The van der Waals surface area contributed by atoms with Crippen LogP contribution in [0.1, 0.15) is 24.0 Å². The SMILES string of the molecule is Cc1cn2c3ccccc3n(C)c2c1/C=C1\SC(=S)N(CCCC(=O)O)C1=O. The normalized spacial score (nSPS) is 16.2. The highest BCUT2D eigenvalue weighted by atomic mass is 32.2. The molecule has 1 aliphatic rings. The molecule has 8 heteroatoms.